The third-order valence-electron chi connectivity index (χ3n) is 2.99. The molecule has 0 fully saturated rings. The maximum Gasteiger partial charge on any atom is 0.252 e. The van der Waals surface area contributed by atoms with Crippen LogP contribution in [0.1, 0.15) is 10.4 Å². The molecule has 7 nitrogen and oxygen atoms in total. The van der Waals surface area contributed by atoms with E-state index in [0.717, 1.165) is 5.39 Å². The number of nitrogens with one attached hydrogen (secondary N) is 2. The Kier molecular flexibility index (Phi) is 3.79. The number of H-pyrrole nitrogens is 1. The molecule has 0 saturated carbocycles. The molecular weight excluding hydrogens is 250 g/mol. The van der Waals surface area contributed by atoms with Crippen LogP contribution in [0.15, 0.2) is 24.4 Å². The largest absolute Gasteiger partial charge is 0.394 e. The molecule has 19 heavy (non-hydrogen) atoms. The second kappa shape index (κ2) is 5.35. The molecule has 1 amide bonds. The summed E-state index contributed by atoms with van der Waals surface area (Å²) in [5, 5.41) is 37.4. The van der Waals surface area contributed by atoms with Crippen molar-refractivity contribution in [3.05, 3.63) is 30.0 Å². The normalized spacial score (nSPS) is 11.7. The zero-order valence-corrected chi connectivity index (χ0v) is 10.1. The minimum absolute atomic E-state index is 0.344. The summed E-state index contributed by atoms with van der Waals surface area (Å²) in [4.78, 5) is 12.0. The maximum absolute atomic E-state index is 12.0. The van der Waals surface area contributed by atoms with Gasteiger partial charge in [-0.3, -0.25) is 9.89 Å². The lowest BCUT2D eigenvalue weighted by Crippen LogP contribution is -2.57. The number of aromatic amines is 1. The maximum atomic E-state index is 12.0. The van der Waals surface area contributed by atoms with Crippen molar-refractivity contribution in [2.45, 2.75) is 5.54 Å². The summed E-state index contributed by atoms with van der Waals surface area (Å²) in [7, 11) is 0. The van der Waals surface area contributed by atoms with E-state index in [1.807, 2.05) is 0 Å². The van der Waals surface area contributed by atoms with Gasteiger partial charge in [-0.05, 0) is 12.1 Å². The highest BCUT2D eigenvalue weighted by atomic mass is 16.3. The van der Waals surface area contributed by atoms with E-state index in [4.69, 9.17) is 15.3 Å². The summed E-state index contributed by atoms with van der Waals surface area (Å²) >= 11 is 0. The number of aliphatic hydroxyl groups is 3. The zero-order chi connectivity index (χ0) is 13.9. The van der Waals surface area contributed by atoms with Crippen molar-refractivity contribution < 1.29 is 20.1 Å². The number of nitrogens with zero attached hydrogens (tertiary/aromatic N) is 1. The quantitative estimate of drug-likeness (QED) is 0.475. The van der Waals surface area contributed by atoms with Crippen LogP contribution in [0.5, 0.6) is 0 Å². The third kappa shape index (κ3) is 2.58. The number of carbonyl (C=O) groups is 1. The summed E-state index contributed by atoms with van der Waals surface area (Å²) in [5.74, 6) is -0.492. The Hall–Kier alpha value is -1.96. The highest BCUT2D eigenvalue weighted by Crippen LogP contribution is 2.13. The van der Waals surface area contributed by atoms with Crippen LogP contribution in [-0.2, 0) is 0 Å². The molecule has 1 heterocycles. The molecule has 102 valence electrons. The molecule has 1 aromatic carbocycles. The van der Waals surface area contributed by atoms with Crippen LogP contribution < -0.4 is 5.32 Å². The van der Waals surface area contributed by atoms with Crippen LogP contribution >= 0.6 is 0 Å². The summed E-state index contributed by atoms with van der Waals surface area (Å²) in [6.45, 7) is -1.67. The van der Waals surface area contributed by atoms with Crippen molar-refractivity contribution in [3.63, 3.8) is 0 Å². The number of amides is 1. The highest BCUT2D eigenvalue weighted by Gasteiger charge is 2.30. The fourth-order valence-electron chi connectivity index (χ4n) is 1.66. The van der Waals surface area contributed by atoms with E-state index in [-0.39, 0.29) is 0 Å². The van der Waals surface area contributed by atoms with E-state index < -0.39 is 31.3 Å². The number of aromatic nitrogens is 2. The number of benzene rings is 1. The molecule has 2 aromatic rings. The Labute approximate surface area is 108 Å². The Bertz CT molecular complexity index is 569. The minimum Gasteiger partial charge on any atom is -0.394 e. The monoisotopic (exact) mass is 265 g/mol. The highest BCUT2D eigenvalue weighted by molar-refractivity contribution is 5.98. The van der Waals surface area contributed by atoms with Gasteiger partial charge in [0.25, 0.3) is 5.91 Å². The van der Waals surface area contributed by atoms with Gasteiger partial charge in [0.1, 0.15) is 5.54 Å². The van der Waals surface area contributed by atoms with Crippen LogP contribution in [0.4, 0.5) is 0 Å². The number of carbonyl (C=O) groups excluding carboxylic acids is 1. The predicted molar refractivity (Wildman–Crippen MR) is 67.5 cm³/mol. The Balaban J connectivity index is 2.23. The molecule has 0 bridgehead atoms. The Morgan fingerprint density at radius 1 is 1.26 bits per heavy atom. The standard InChI is InChI=1S/C12H15N3O4/c16-5-12(6-17,7-18)14-11(19)8-1-2-9-4-13-15-10(9)3-8/h1-4,16-18H,5-7H2,(H,13,15)(H,14,19). The van der Waals surface area contributed by atoms with Crippen molar-refractivity contribution in [2.24, 2.45) is 0 Å². The zero-order valence-electron chi connectivity index (χ0n) is 10.1. The first kappa shape index (κ1) is 13.5. The van der Waals surface area contributed by atoms with E-state index in [1.165, 1.54) is 0 Å². The predicted octanol–water partition coefficient (Wildman–Crippen LogP) is -0.992. The number of hydrogen-bond acceptors (Lipinski definition) is 5. The smallest absolute Gasteiger partial charge is 0.252 e. The fraction of sp³-hybridized carbons (Fsp3) is 0.333. The lowest BCUT2D eigenvalue weighted by Gasteiger charge is -2.28. The topological polar surface area (TPSA) is 118 Å². The number of rotatable bonds is 5. The number of hydrogen-bond donors (Lipinski definition) is 5. The van der Waals surface area contributed by atoms with E-state index in [0.29, 0.717) is 11.1 Å². The molecule has 0 unspecified atom stereocenters. The van der Waals surface area contributed by atoms with Crippen LogP contribution in [0.2, 0.25) is 0 Å². The fourth-order valence-corrected chi connectivity index (χ4v) is 1.66. The van der Waals surface area contributed by atoms with Gasteiger partial charge in [0.2, 0.25) is 0 Å². The first-order valence-corrected chi connectivity index (χ1v) is 5.72. The average molecular weight is 265 g/mol. The molecular formula is C12H15N3O4. The van der Waals surface area contributed by atoms with Gasteiger partial charge in [-0.2, -0.15) is 5.10 Å². The number of fused-ring (bicyclic) bond motifs is 1. The molecule has 1 aromatic heterocycles. The average Bonchev–Trinajstić information content (AvgIpc) is 2.92. The van der Waals surface area contributed by atoms with Crippen molar-refractivity contribution >= 4 is 16.8 Å². The lowest BCUT2D eigenvalue weighted by atomic mass is 10.0. The molecule has 0 spiro atoms. The molecule has 0 radical (unpaired) electrons. The van der Waals surface area contributed by atoms with E-state index in [9.17, 15) is 4.79 Å². The molecule has 2 rings (SSSR count). The first-order chi connectivity index (χ1) is 9.14. The van der Waals surface area contributed by atoms with Crippen molar-refractivity contribution in [3.8, 4) is 0 Å². The second-order valence-corrected chi connectivity index (χ2v) is 4.38. The summed E-state index contributed by atoms with van der Waals surface area (Å²) in [5.41, 5.74) is -0.383. The third-order valence-corrected chi connectivity index (χ3v) is 2.99. The number of aliphatic hydroxyl groups excluding tert-OH is 3. The van der Waals surface area contributed by atoms with Gasteiger partial charge in [0.05, 0.1) is 31.5 Å². The molecule has 0 aliphatic carbocycles. The van der Waals surface area contributed by atoms with Crippen molar-refractivity contribution in [2.75, 3.05) is 19.8 Å². The molecule has 0 aliphatic heterocycles. The van der Waals surface area contributed by atoms with Crippen LogP contribution in [0.3, 0.4) is 0 Å². The van der Waals surface area contributed by atoms with Gasteiger partial charge < -0.3 is 20.6 Å². The van der Waals surface area contributed by atoms with Gasteiger partial charge in [0.15, 0.2) is 0 Å². The van der Waals surface area contributed by atoms with Crippen LogP contribution in [0.25, 0.3) is 10.9 Å². The summed E-state index contributed by atoms with van der Waals surface area (Å²) in [6.07, 6.45) is 1.64. The molecule has 7 heteroatoms. The molecule has 0 atom stereocenters. The SMILES string of the molecule is O=C(NC(CO)(CO)CO)c1ccc2cn[nH]c2c1. The lowest BCUT2D eigenvalue weighted by molar-refractivity contribution is 0.0375. The van der Waals surface area contributed by atoms with E-state index in [1.54, 1.807) is 24.4 Å². The van der Waals surface area contributed by atoms with Crippen molar-refractivity contribution in [1.29, 1.82) is 0 Å². The molecule has 0 aliphatic rings. The first-order valence-electron chi connectivity index (χ1n) is 5.72. The Morgan fingerprint density at radius 3 is 2.58 bits per heavy atom. The van der Waals surface area contributed by atoms with Gasteiger partial charge >= 0.3 is 0 Å². The van der Waals surface area contributed by atoms with E-state index >= 15 is 0 Å². The summed E-state index contributed by atoms with van der Waals surface area (Å²) < 4.78 is 0. The van der Waals surface area contributed by atoms with Crippen molar-refractivity contribution in [1.82, 2.24) is 15.5 Å². The van der Waals surface area contributed by atoms with Gasteiger partial charge in [0, 0.05) is 10.9 Å². The van der Waals surface area contributed by atoms with Crippen LogP contribution in [-0.4, -0.2) is 56.8 Å². The van der Waals surface area contributed by atoms with Crippen LogP contribution in [0, 0.1) is 0 Å². The summed E-state index contributed by atoms with van der Waals surface area (Å²) in [6, 6.07) is 4.94. The second-order valence-electron chi connectivity index (χ2n) is 4.38. The van der Waals surface area contributed by atoms with Gasteiger partial charge in [-0.15, -0.1) is 0 Å². The van der Waals surface area contributed by atoms with E-state index in [2.05, 4.69) is 15.5 Å². The van der Waals surface area contributed by atoms with Gasteiger partial charge in [-0.1, -0.05) is 6.07 Å². The molecule has 0 saturated heterocycles. The molecule has 5 N–H and O–H groups in total. The van der Waals surface area contributed by atoms with Gasteiger partial charge in [-0.25, -0.2) is 0 Å². The minimum atomic E-state index is -1.43. The Morgan fingerprint density at radius 2 is 1.95 bits per heavy atom.